The molecule has 1 aliphatic carbocycles. The van der Waals surface area contributed by atoms with Gasteiger partial charge in [-0.15, -0.1) is 0 Å². The van der Waals surface area contributed by atoms with E-state index in [0.717, 1.165) is 35.5 Å². The molecular weight excluding hydrogens is 306 g/mol. The van der Waals surface area contributed by atoms with E-state index in [-0.39, 0.29) is 6.04 Å². The summed E-state index contributed by atoms with van der Waals surface area (Å²) in [5, 5.41) is 4.06. The summed E-state index contributed by atoms with van der Waals surface area (Å²) in [5.41, 5.74) is 7.09. The Bertz CT molecular complexity index is 552. The lowest BCUT2D eigenvalue weighted by molar-refractivity contribution is 0.350. The van der Waals surface area contributed by atoms with E-state index < -0.39 is 0 Å². The van der Waals surface area contributed by atoms with Crippen LogP contribution in [0.3, 0.4) is 0 Å². The molecule has 100 valence electrons. The minimum atomic E-state index is 0.284. The van der Waals surface area contributed by atoms with E-state index in [4.69, 9.17) is 10.3 Å². The maximum Gasteiger partial charge on any atom is 0.229 e. The second kappa shape index (κ2) is 5.43. The van der Waals surface area contributed by atoms with Crippen molar-refractivity contribution in [2.45, 2.75) is 37.6 Å². The van der Waals surface area contributed by atoms with Crippen molar-refractivity contribution in [3.05, 3.63) is 46.0 Å². The summed E-state index contributed by atoms with van der Waals surface area (Å²) in [4.78, 5) is 4.50. The highest BCUT2D eigenvalue weighted by Crippen LogP contribution is 2.32. The zero-order valence-corrected chi connectivity index (χ0v) is 12.1. The Morgan fingerprint density at radius 2 is 2.05 bits per heavy atom. The van der Waals surface area contributed by atoms with Crippen LogP contribution in [0.5, 0.6) is 0 Å². The monoisotopic (exact) mass is 321 g/mol. The van der Waals surface area contributed by atoms with Crippen LogP contribution in [0.1, 0.15) is 42.5 Å². The van der Waals surface area contributed by atoms with E-state index in [9.17, 15) is 0 Å². The normalized spacial score (nSPS) is 22.8. The van der Waals surface area contributed by atoms with Crippen molar-refractivity contribution in [2.24, 2.45) is 5.73 Å². The van der Waals surface area contributed by atoms with Crippen LogP contribution in [0.4, 0.5) is 0 Å². The third-order valence-corrected chi connectivity index (χ3v) is 4.11. The number of nitrogens with two attached hydrogens (primary N) is 1. The van der Waals surface area contributed by atoms with Gasteiger partial charge in [0.25, 0.3) is 0 Å². The molecule has 0 radical (unpaired) electrons. The Morgan fingerprint density at radius 1 is 1.26 bits per heavy atom. The highest BCUT2D eigenvalue weighted by Gasteiger charge is 2.27. The molecular formula is C14H16BrN3O. The van der Waals surface area contributed by atoms with E-state index in [0.29, 0.717) is 12.3 Å². The molecule has 2 atom stereocenters. The van der Waals surface area contributed by atoms with Crippen molar-refractivity contribution in [3.8, 4) is 0 Å². The van der Waals surface area contributed by atoms with E-state index in [2.05, 4.69) is 38.2 Å². The van der Waals surface area contributed by atoms with Gasteiger partial charge in [0.1, 0.15) is 0 Å². The standard InChI is InChI=1S/C14H16BrN3O/c15-11-4-1-9(2-5-11)7-13-17-14(19-18-13)10-3-6-12(16)8-10/h1-2,4-5,10,12H,3,6-8,16H2. The molecule has 1 fully saturated rings. The molecule has 0 amide bonds. The zero-order chi connectivity index (χ0) is 13.2. The van der Waals surface area contributed by atoms with Gasteiger partial charge in [-0.2, -0.15) is 4.98 Å². The van der Waals surface area contributed by atoms with Crippen LogP contribution in [-0.2, 0) is 6.42 Å². The fourth-order valence-electron chi connectivity index (χ4n) is 2.53. The van der Waals surface area contributed by atoms with Gasteiger partial charge < -0.3 is 10.3 Å². The molecule has 1 saturated carbocycles. The number of benzene rings is 1. The van der Waals surface area contributed by atoms with Crippen molar-refractivity contribution in [2.75, 3.05) is 0 Å². The molecule has 4 nitrogen and oxygen atoms in total. The van der Waals surface area contributed by atoms with Crippen LogP contribution in [0.25, 0.3) is 0 Å². The molecule has 0 spiro atoms. The predicted octanol–water partition coefficient (Wildman–Crippen LogP) is 3.02. The van der Waals surface area contributed by atoms with Crippen LogP contribution in [0.2, 0.25) is 0 Å². The fourth-order valence-corrected chi connectivity index (χ4v) is 2.79. The van der Waals surface area contributed by atoms with E-state index >= 15 is 0 Å². The molecule has 2 aromatic rings. The molecule has 19 heavy (non-hydrogen) atoms. The van der Waals surface area contributed by atoms with Crippen LogP contribution < -0.4 is 5.73 Å². The molecule has 1 aliphatic rings. The first kappa shape index (κ1) is 12.8. The third kappa shape index (κ3) is 3.04. The maximum absolute atomic E-state index is 5.91. The highest BCUT2D eigenvalue weighted by atomic mass is 79.9. The number of rotatable bonds is 3. The molecule has 1 aromatic heterocycles. The van der Waals surface area contributed by atoms with E-state index in [1.54, 1.807) is 0 Å². The topological polar surface area (TPSA) is 64.9 Å². The Balaban J connectivity index is 1.69. The van der Waals surface area contributed by atoms with Gasteiger partial charge in [-0.05, 0) is 37.0 Å². The summed E-state index contributed by atoms with van der Waals surface area (Å²) in [6.45, 7) is 0. The van der Waals surface area contributed by atoms with Crippen LogP contribution >= 0.6 is 15.9 Å². The molecule has 2 N–H and O–H groups in total. The summed E-state index contributed by atoms with van der Waals surface area (Å²) in [5.74, 6) is 1.85. The fraction of sp³-hybridized carbons (Fsp3) is 0.429. The van der Waals surface area contributed by atoms with Gasteiger partial charge in [-0.1, -0.05) is 33.2 Å². The van der Waals surface area contributed by atoms with Crippen LogP contribution in [-0.4, -0.2) is 16.2 Å². The molecule has 0 saturated heterocycles. The third-order valence-electron chi connectivity index (χ3n) is 3.58. The number of nitrogens with zero attached hydrogens (tertiary/aromatic N) is 2. The molecule has 0 bridgehead atoms. The lowest BCUT2D eigenvalue weighted by Gasteiger charge is -2.01. The average Bonchev–Trinajstić information content (AvgIpc) is 3.01. The van der Waals surface area contributed by atoms with Crippen molar-refractivity contribution in [1.29, 1.82) is 0 Å². The quantitative estimate of drug-likeness (QED) is 0.943. The summed E-state index contributed by atoms with van der Waals surface area (Å²) in [6, 6.07) is 8.45. The molecule has 0 aliphatic heterocycles. The van der Waals surface area contributed by atoms with Gasteiger partial charge in [0.15, 0.2) is 5.82 Å². The van der Waals surface area contributed by atoms with Gasteiger partial charge in [0, 0.05) is 22.9 Å². The van der Waals surface area contributed by atoms with E-state index in [1.165, 1.54) is 5.56 Å². The second-order valence-corrected chi connectivity index (χ2v) is 6.04. The lowest BCUT2D eigenvalue weighted by Crippen LogP contribution is -2.14. The first-order valence-electron chi connectivity index (χ1n) is 6.53. The minimum Gasteiger partial charge on any atom is -0.339 e. The number of halogens is 1. The van der Waals surface area contributed by atoms with Gasteiger partial charge in [0.2, 0.25) is 5.89 Å². The van der Waals surface area contributed by atoms with Crippen molar-refractivity contribution in [1.82, 2.24) is 10.1 Å². The van der Waals surface area contributed by atoms with Crippen LogP contribution in [0, 0.1) is 0 Å². The van der Waals surface area contributed by atoms with Gasteiger partial charge in [-0.25, -0.2) is 0 Å². The van der Waals surface area contributed by atoms with Crippen molar-refractivity contribution >= 4 is 15.9 Å². The summed E-state index contributed by atoms with van der Waals surface area (Å²) >= 11 is 3.42. The smallest absolute Gasteiger partial charge is 0.229 e. The van der Waals surface area contributed by atoms with Gasteiger partial charge in [0.05, 0.1) is 0 Å². The Kier molecular flexibility index (Phi) is 3.66. The molecule has 1 heterocycles. The lowest BCUT2D eigenvalue weighted by atomic mass is 10.1. The van der Waals surface area contributed by atoms with Gasteiger partial charge >= 0.3 is 0 Å². The summed E-state index contributed by atoms with van der Waals surface area (Å²) in [7, 11) is 0. The van der Waals surface area contributed by atoms with Crippen LogP contribution in [0.15, 0.2) is 33.3 Å². The highest BCUT2D eigenvalue weighted by molar-refractivity contribution is 9.10. The number of aromatic nitrogens is 2. The Hall–Kier alpha value is -1.20. The number of hydrogen-bond acceptors (Lipinski definition) is 4. The molecule has 5 heteroatoms. The largest absolute Gasteiger partial charge is 0.339 e. The predicted molar refractivity (Wildman–Crippen MR) is 75.8 cm³/mol. The SMILES string of the molecule is NC1CCC(c2nc(Cc3ccc(Br)cc3)no2)C1. The van der Waals surface area contributed by atoms with E-state index in [1.807, 2.05) is 12.1 Å². The Labute approximate surface area is 120 Å². The molecule has 3 rings (SSSR count). The van der Waals surface area contributed by atoms with Crippen molar-refractivity contribution in [3.63, 3.8) is 0 Å². The summed E-state index contributed by atoms with van der Waals surface area (Å²) in [6.07, 6.45) is 3.77. The number of hydrogen-bond donors (Lipinski definition) is 1. The minimum absolute atomic E-state index is 0.284. The molecule has 1 aromatic carbocycles. The first-order valence-corrected chi connectivity index (χ1v) is 7.32. The summed E-state index contributed by atoms with van der Waals surface area (Å²) < 4.78 is 6.44. The molecule has 2 unspecified atom stereocenters. The zero-order valence-electron chi connectivity index (χ0n) is 10.6. The van der Waals surface area contributed by atoms with Gasteiger partial charge in [-0.3, -0.25) is 0 Å². The average molecular weight is 322 g/mol. The first-order chi connectivity index (χ1) is 9.20. The second-order valence-electron chi connectivity index (χ2n) is 5.12. The maximum atomic E-state index is 5.91. The van der Waals surface area contributed by atoms with Crippen molar-refractivity contribution < 1.29 is 4.52 Å². The Morgan fingerprint density at radius 3 is 2.74 bits per heavy atom.